The van der Waals surface area contributed by atoms with Crippen molar-refractivity contribution >= 4 is 0 Å². The van der Waals surface area contributed by atoms with Gasteiger partial charge in [0.05, 0.1) is 6.20 Å². The second-order valence-electron chi connectivity index (χ2n) is 5.14. The van der Waals surface area contributed by atoms with Crippen molar-refractivity contribution in [1.29, 1.82) is 0 Å². The fourth-order valence-corrected chi connectivity index (χ4v) is 1.88. The molecule has 0 fully saturated rings. The number of H-pyrrole nitrogens is 1. The Bertz CT molecular complexity index is 738. The molecule has 0 radical (unpaired) electrons. The molecule has 0 unspecified atom stereocenters. The fourth-order valence-electron chi connectivity index (χ4n) is 1.88. The zero-order valence-electron chi connectivity index (χ0n) is 12.7. The number of hydrogen-bond acceptors (Lipinski definition) is 2. The van der Waals surface area contributed by atoms with E-state index >= 15 is 0 Å². The Morgan fingerprint density at radius 1 is 1.00 bits per heavy atom. The van der Waals surface area contributed by atoms with Crippen LogP contribution in [-0.4, -0.2) is 15.0 Å². The smallest absolute Gasteiger partial charge is 0.311 e. The number of hydrogen-bond donors (Lipinski definition) is 1. The van der Waals surface area contributed by atoms with Crippen LogP contribution in [0.4, 0.5) is 13.2 Å². The van der Waals surface area contributed by atoms with E-state index in [0.717, 1.165) is 0 Å². The third-order valence-corrected chi connectivity index (χ3v) is 3.16. The Balaban J connectivity index is 0.000000185. The molecule has 1 aromatic carbocycles. The first-order valence-electron chi connectivity index (χ1n) is 7.04. The Kier molecular flexibility index (Phi) is 5.51. The maximum absolute atomic E-state index is 11.8. The Hall–Kier alpha value is -2.63. The second-order valence-corrected chi connectivity index (χ2v) is 5.14. The van der Waals surface area contributed by atoms with Crippen LogP contribution in [0.1, 0.15) is 25.3 Å². The van der Waals surface area contributed by atoms with Crippen LogP contribution in [0.2, 0.25) is 0 Å². The molecule has 0 bridgehead atoms. The van der Waals surface area contributed by atoms with E-state index in [4.69, 9.17) is 0 Å². The molecule has 2 aromatic heterocycles. The highest BCUT2D eigenvalue weighted by molar-refractivity contribution is 5.59. The van der Waals surface area contributed by atoms with Gasteiger partial charge in [-0.1, -0.05) is 38.1 Å². The van der Waals surface area contributed by atoms with Crippen molar-refractivity contribution in [3.05, 3.63) is 72.2 Å². The van der Waals surface area contributed by atoms with Crippen LogP contribution in [0.5, 0.6) is 0 Å². The van der Waals surface area contributed by atoms with Crippen molar-refractivity contribution in [3.8, 4) is 11.3 Å². The molecule has 0 amide bonds. The number of aromatic nitrogens is 3. The number of nitrogens with one attached hydrogen (secondary N) is 1. The summed E-state index contributed by atoms with van der Waals surface area (Å²) in [4.78, 5) is 8.40. The second kappa shape index (κ2) is 7.58. The van der Waals surface area contributed by atoms with Gasteiger partial charge in [-0.15, -0.1) is 0 Å². The van der Waals surface area contributed by atoms with Crippen LogP contribution in [-0.2, 0) is 0 Å². The minimum Gasteiger partial charge on any atom is -0.361 e. The van der Waals surface area contributed by atoms with Gasteiger partial charge in [0.1, 0.15) is 0 Å². The van der Waals surface area contributed by atoms with Gasteiger partial charge < -0.3 is 4.98 Å². The van der Waals surface area contributed by atoms with Crippen molar-refractivity contribution in [3.63, 3.8) is 0 Å². The third kappa shape index (κ3) is 4.67. The molecule has 0 aliphatic heterocycles. The first kappa shape index (κ1) is 16.7. The Labute approximate surface area is 132 Å². The lowest BCUT2D eigenvalue weighted by Crippen LogP contribution is -1.95. The third-order valence-electron chi connectivity index (χ3n) is 3.16. The number of nitrogens with zero attached hydrogens (tertiary/aromatic N) is 2. The number of rotatable bonds is 2. The van der Waals surface area contributed by atoms with Crippen molar-refractivity contribution < 1.29 is 13.2 Å². The lowest BCUT2D eigenvalue weighted by Gasteiger charge is -2.05. The van der Waals surface area contributed by atoms with Gasteiger partial charge in [-0.05, 0) is 29.2 Å². The van der Waals surface area contributed by atoms with Gasteiger partial charge in [-0.3, -0.25) is 0 Å². The molecule has 120 valence electrons. The van der Waals surface area contributed by atoms with Gasteiger partial charge in [0.15, 0.2) is 5.82 Å². The molecule has 3 rings (SSSR count). The number of halogens is 3. The van der Waals surface area contributed by atoms with Crippen molar-refractivity contribution in [1.82, 2.24) is 15.0 Å². The normalized spacial score (nSPS) is 10.3. The molecule has 0 aliphatic rings. The zero-order valence-corrected chi connectivity index (χ0v) is 12.7. The summed E-state index contributed by atoms with van der Waals surface area (Å²) in [7, 11) is 0. The summed E-state index contributed by atoms with van der Waals surface area (Å²) >= 11 is 0. The lowest BCUT2D eigenvalue weighted by molar-refractivity contribution is 0.426. The van der Waals surface area contributed by atoms with E-state index in [-0.39, 0.29) is 0 Å². The molecule has 0 saturated heterocycles. The Morgan fingerprint density at radius 2 is 1.70 bits per heavy atom. The molecule has 1 N–H and O–H groups in total. The fraction of sp³-hybridized carbons (Fsp3) is 0.176. The van der Waals surface area contributed by atoms with E-state index in [1.807, 2.05) is 12.3 Å². The predicted octanol–water partition coefficient (Wildman–Crippen LogP) is 4.70. The predicted molar refractivity (Wildman–Crippen MR) is 82.2 cm³/mol. The van der Waals surface area contributed by atoms with Crippen LogP contribution < -0.4 is 0 Å². The van der Waals surface area contributed by atoms with Gasteiger partial charge >= 0.3 is 6.08 Å². The summed E-state index contributed by atoms with van der Waals surface area (Å²) in [5, 5.41) is 0. The highest BCUT2D eigenvalue weighted by atomic mass is 19.2. The molecule has 0 atom stereocenters. The zero-order chi connectivity index (χ0) is 16.8. The molecule has 0 saturated carbocycles. The van der Waals surface area contributed by atoms with Gasteiger partial charge in [-0.2, -0.15) is 13.8 Å². The first-order chi connectivity index (χ1) is 11.0. The van der Waals surface area contributed by atoms with Gasteiger partial charge in [0.2, 0.25) is 0 Å². The average molecular weight is 319 g/mol. The Morgan fingerprint density at radius 3 is 2.17 bits per heavy atom. The van der Waals surface area contributed by atoms with Gasteiger partial charge in [-0.25, -0.2) is 9.37 Å². The summed E-state index contributed by atoms with van der Waals surface area (Å²) in [5.74, 6) is -2.12. The maximum Gasteiger partial charge on any atom is 0.311 e. The average Bonchev–Trinajstić information content (AvgIpc) is 3.06. The summed E-state index contributed by atoms with van der Waals surface area (Å²) in [6, 6.07) is 12.8. The van der Waals surface area contributed by atoms with Crippen molar-refractivity contribution in [2.45, 2.75) is 19.8 Å². The molecular weight excluding hydrogens is 303 g/mol. The topological polar surface area (TPSA) is 41.6 Å². The highest BCUT2D eigenvalue weighted by Crippen LogP contribution is 2.20. The van der Waals surface area contributed by atoms with Gasteiger partial charge in [0.25, 0.3) is 5.95 Å². The minimum atomic E-state index is -1.47. The van der Waals surface area contributed by atoms with Crippen molar-refractivity contribution in [2.75, 3.05) is 0 Å². The minimum absolute atomic E-state index is 0.428. The van der Waals surface area contributed by atoms with E-state index in [1.165, 1.54) is 16.8 Å². The van der Waals surface area contributed by atoms with Crippen LogP contribution in [0, 0.1) is 17.8 Å². The number of aromatic amines is 1. The standard InChI is InChI=1S/C13H15N.C4HF3N2/c1-10(2)11-5-7-12(8-6-11)13-4-3-9-14-13;5-2-1-8-4(7)9-3(2)6/h3-10,14H,1-2H3;1H. The van der Waals surface area contributed by atoms with Crippen LogP contribution in [0.25, 0.3) is 11.3 Å². The SMILES string of the molecule is CC(C)c1ccc(-c2ccc[nH]2)cc1.Fc1ncc(F)c(F)n1. The van der Waals surface area contributed by atoms with Crippen molar-refractivity contribution in [2.24, 2.45) is 0 Å². The van der Waals surface area contributed by atoms with Gasteiger partial charge in [0, 0.05) is 11.9 Å². The summed E-state index contributed by atoms with van der Waals surface area (Å²) in [6.07, 6.45) is 1.11. The van der Waals surface area contributed by atoms with E-state index in [9.17, 15) is 13.2 Å². The monoisotopic (exact) mass is 319 g/mol. The molecule has 0 aliphatic carbocycles. The molecule has 0 spiro atoms. The lowest BCUT2D eigenvalue weighted by atomic mass is 10.0. The first-order valence-corrected chi connectivity index (χ1v) is 7.04. The van der Waals surface area contributed by atoms with Crippen LogP contribution >= 0.6 is 0 Å². The quantitative estimate of drug-likeness (QED) is 0.549. The highest BCUT2D eigenvalue weighted by Gasteiger charge is 2.03. The maximum atomic E-state index is 11.8. The molecule has 3 aromatic rings. The molecule has 2 heterocycles. The van der Waals surface area contributed by atoms with E-state index in [1.54, 1.807) is 0 Å². The van der Waals surface area contributed by atoms with E-state index < -0.39 is 17.8 Å². The van der Waals surface area contributed by atoms with E-state index in [0.29, 0.717) is 12.1 Å². The molecule has 3 nitrogen and oxygen atoms in total. The molecule has 6 heteroatoms. The largest absolute Gasteiger partial charge is 0.361 e. The summed E-state index contributed by atoms with van der Waals surface area (Å²) in [6.45, 7) is 4.42. The molecular formula is C17H16F3N3. The van der Waals surface area contributed by atoms with Crippen LogP contribution in [0.15, 0.2) is 48.8 Å². The van der Waals surface area contributed by atoms with E-state index in [2.05, 4.69) is 59.1 Å². The summed E-state index contributed by atoms with van der Waals surface area (Å²) < 4.78 is 35.4. The molecule has 23 heavy (non-hydrogen) atoms. The number of benzene rings is 1. The van der Waals surface area contributed by atoms with Crippen LogP contribution in [0.3, 0.4) is 0 Å². The summed E-state index contributed by atoms with van der Waals surface area (Å²) in [5.41, 5.74) is 3.82.